The minimum atomic E-state index is -0.221. The molecule has 0 bridgehead atoms. The lowest BCUT2D eigenvalue weighted by Gasteiger charge is -2.25. The number of para-hydroxylation sites is 1. The van der Waals surface area contributed by atoms with Gasteiger partial charge in [-0.15, -0.1) is 11.8 Å². The van der Waals surface area contributed by atoms with Gasteiger partial charge in [-0.1, -0.05) is 24.3 Å². The number of phenols is 1. The maximum atomic E-state index is 13.8. The molecule has 4 nitrogen and oxygen atoms in total. The first-order valence-electron chi connectivity index (χ1n) is 9.79. The summed E-state index contributed by atoms with van der Waals surface area (Å²) in [6, 6.07) is 18.4. The molecule has 30 heavy (non-hydrogen) atoms. The molecule has 1 N–H and O–H groups in total. The second-order valence-corrected chi connectivity index (χ2v) is 8.42. The third kappa shape index (κ3) is 4.19. The summed E-state index contributed by atoms with van der Waals surface area (Å²) in [5.74, 6) is 1.18. The van der Waals surface area contributed by atoms with Crippen molar-refractivity contribution in [1.82, 2.24) is 0 Å². The molecule has 1 aliphatic heterocycles. The van der Waals surface area contributed by atoms with E-state index in [1.807, 2.05) is 36.4 Å². The van der Waals surface area contributed by atoms with E-state index in [9.17, 15) is 9.50 Å². The van der Waals surface area contributed by atoms with Crippen molar-refractivity contribution in [2.24, 2.45) is 0 Å². The number of benzene rings is 3. The molecule has 0 radical (unpaired) electrons. The molecular weight excluding hydrogens is 401 g/mol. The van der Waals surface area contributed by atoms with Crippen LogP contribution in [-0.2, 0) is 6.54 Å². The molecule has 1 heterocycles. The fourth-order valence-corrected chi connectivity index (χ4v) is 5.07. The summed E-state index contributed by atoms with van der Waals surface area (Å²) in [5, 5.41) is 10.7. The van der Waals surface area contributed by atoms with Gasteiger partial charge in [0, 0.05) is 28.8 Å². The first-order chi connectivity index (χ1) is 14.6. The lowest BCUT2D eigenvalue weighted by atomic mass is 10.1. The van der Waals surface area contributed by atoms with Crippen LogP contribution in [-0.4, -0.2) is 25.9 Å². The molecule has 1 aliphatic rings. The molecule has 1 atom stereocenters. The molecule has 4 rings (SSSR count). The van der Waals surface area contributed by atoms with Crippen molar-refractivity contribution in [3.8, 4) is 17.2 Å². The molecule has 0 amide bonds. The van der Waals surface area contributed by atoms with Crippen LogP contribution in [0, 0.1) is 5.82 Å². The first kappa shape index (κ1) is 20.4. The number of rotatable bonds is 5. The number of phenolic OH excluding ortho intramolecular Hbond substituents is 1. The highest BCUT2D eigenvalue weighted by Gasteiger charge is 2.25. The molecule has 3 aromatic rings. The summed E-state index contributed by atoms with van der Waals surface area (Å²) in [7, 11) is 3.20. The van der Waals surface area contributed by atoms with E-state index in [-0.39, 0.29) is 16.8 Å². The second-order valence-electron chi connectivity index (χ2n) is 7.17. The van der Waals surface area contributed by atoms with E-state index in [1.165, 1.54) is 6.07 Å². The van der Waals surface area contributed by atoms with Crippen LogP contribution in [0.25, 0.3) is 0 Å². The molecular formula is C24H24FNO3S. The molecule has 0 saturated heterocycles. The Bertz CT molecular complexity index is 1040. The number of fused-ring (bicyclic) bond motifs is 1. The predicted octanol–water partition coefficient (Wildman–Crippen LogP) is 5.79. The fourth-order valence-electron chi connectivity index (χ4n) is 3.75. The predicted molar refractivity (Wildman–Crippen MR) is 118 cm³/mol. The Hall–Kier alpha value is -2.86. The molecule has 0 aromatic heterocycles. The second kappa shape index (κ2) is 8.88. The Morgan fingerprint density at radius 1 is 1.07 bits per heavy atom. The molecule has 0 spiro atoms. The molecule has 0 aliphatic carbocycles. The van der Waals surface area contributed by atoms with Gasteiger partial charge in [-0.05, 0) is 48.4 Å². The normalized spacial score (nSPS) is 16.0. The summed E-state index contributed by atoms with van der Waals surface area (Å²) >= 11 is 1.72. The Labute approximate surface area is 180 Å². The van der Waals surface area contributed by atoms with E-state index in [0.717, 1.165) is 40.4 Å². The van der Waals surface area contributed by atoms with Crippen molar-refractivity contribution in [3.63, 3.8) is 0 Å². The summed E-state index contributed by atoms with van der Waals surface area (Å²) in [6.07, 6.45) is 0.843. The zero-order chi connectivity index (χ0) is 21.1. The Kier molecular flexibility index (Phi) is 6.04. The molecule has 156 valence electrons. The topological polar surface area (TPSA) is 41.9 Å². The van der Waals surface area contributed by atoms with Crippen molar-refractivity contribution in [2.75, 3.05) is 25.7 Å². The Morgan fingerprint density at radius 2 is 1.90 bits per heavy atom. The Morgan fingerprint density at radius 3 is 2.67 bits per heavy atom. The largest absolute Gasteiger partial charge is 0.504 e. The van der Waals surface area contributed by atoms with Gasteiger partial charge >= 0.3 is 0 Å². The summed E-state index contributed by atoms with van der Waals surface area (Å²) < 4.78 is 24.5. The van der Waals surface area contributed by atoms with Crippen molar-refractivity contribution in [2.45, 2.75) is 23.1 Å². The van der Waals surface area contributed by atoms with Gasteiger partial charge in [-0.3, -0.25) is 0 Å². The quantitative estimate of drug-likeness (QED) is 0.560. The zero-order valence-electron chi connectivity index (χ0n) is 17.0. The van der Waals surface area contributed by atoms with Crippen LogP contribution in [0.1, 0.15) is 22.8 Å². The van der Waals surface area contributed by atoms with Gasteiger partial charge in [0.05, 0.1) is 19.9 Å². The van der Waals surface area contributed by atoms with E-state index in [1.54, 1.807) is 44.2 Å². The average Bonchev–Trinajstić information content (AvgIpc) is 2.94. The number of anilines is 1. The zero-order valence-corrected chi connectivity index (χ0v) is 17.8. The number of aromatic hydroxyl groups is 1. The van der Waals surface area contributed by atoms with Gasteiger partial charge in [0.25, 0.3) is 0 Å². The van der Waals surface area contributed by atoms with Crippen LogP contribution >= 0.6 is 11.8 Å². The van der Waals surface area contributed by atoms with Crippen molar-refractivity contribution in [3.05, 3.63) is 77.6 Å². The minimum absolute atomic E-state index is 0.121. The van der Waals surface area contributed by atoms with E-state index in [2.05, 4.69) is 4.90 Å². The van der Waals surface area contributed by atoms with Crippen LogP contribution in [0.3, 0.4) is 0 Å². The highest BCUT2D eigenvalue weighted by atomic mass is 32.2. The van der Waals surface area contributed by atoms with Gasteiger partial charge < -0.3 is 19.5 Å². The molecule has 0 fully saturated rings. The van der Waals surface area contributed by atoms with Crippen LogP contribution in [0.4, 0.5) is 10.1 Å². The van der Waals surface area contributed by atoms with Gasteiger partial charge in [0.1, 0.15) is 11.6 Å². The van der Waals surface area contributed by atoms with Crippen LogP contribution in [0.5, 0.6) is 17.2 Å². The molecule has 0 saturated carbocycles. The third-order valence-electron chi connectivity index (χ3n) is 5.32. The van der Waals surface area contributed by atoms with Crippen molar-refractivity contribution >= 4 is 17.4 Å². The lowest BCUT2D eigenvalue weighted by molar-refractivity contribution is 0.370. The number of halogens is 1. The number of hydrogen-bond acceptors (Lipinski definition) is 5. The lowest BCUT2D eigenvalue weighted by Crippen LogP contribution is -2.24. The maximum Gasteiger partial charge on any atom is 0.162 e. The van der Waals surface area contributed by atoms with Gasteiger partial charge in [-0.25, -0.2) is 4.39 Å². The highest BCUT2D eigenvalue weighted by molar-refractivity contribution is 7.99. The minimum Gasteiger partial charge on any atom is -0.504 e. The van der Waals surface area contributed by atoms with Crippen LogP contribution < -0.4 is 14.4 Å². The SMILES string of the molecule is COc1ccc2c(c1)S[C@H](c1cccc(F)c1)CCN2Cc1cccc(OC)c1O. The van der Waals surface area contributed by atoms with E-state index < -0.39 is 0 Å². The van der Waals surface area contributed by atoms with Crippen molar-refractivity contribution in [1.29, 1.82) is 0 Å². The van der Waals surface area contributed by atoms with E-state index >= 15 is 0 Å². The van der Waals surface area contributed by atoms with Crippen LogP contribution in [0.15, 0.2) is 65.6 Å². The molecule has 3 aromatic carbocycles. The smallest absolute Gasteiger partial charge is 0.162 e. The number of nitrogens with zero attached hydrogens (tertiary/aromatic N) is 1. The van der Waals surface area contributed by atoms with Gasteiger partial charge in [-0.2, -0.15) is 0 Å². The Balaban J connectivity index is 1.70. The average molecular weight is 426 g/mol. The number of thioether (sulfide) groups is 1. The van der Waals surface area contributed by atoms with Crippen LogP contribution in [0.2, 0.25) is 0 Å². The number of hydrogen-bond donors (Lipinski definition) is 1. The summed E-state index contributed by atoms with van der Waals surface area (Å²) in [6.45, 7) is 1.31. The number of methoxy groups -OCH3 is 2. The van der Waals surface area contributed by atoms with Gasteiger partial charge in [0.15, 0.2) is 11.5 Å². The molecule has 6 heteroatoms. The standard InChI is InChI=1S/C24H24FNO3S/c1-28-19-9-10-20-23(14-19)30-22(16-5-3-7-18(25)13-16)11-12-26(20)15-17-6-4-8-21(29-2)24(17)27/h3-10,13-14,22,27H,11-12,15H2,1-2H3/t22-/m0/s1. The van der Waals surface area contributed by atoms with E-state index in [4.69, 9.17) is 9.47 Å². The summed E-state index contributed by atoms with van der Waals surface area (Å²) in [4.78, 5) is 3.32. The third-order valence-corrected chi connectivity index (χ3v) is 6.70. The monoisotopic (exact) mass is 425 g/mol. The summed E-state index contributed by atoms with van der Waals surface area (Å²) in [5.41, 5.74) is 2.84. The first-order valence-corrected chi connectivity index (χ1v) is 10.7. The number of ether oxygens (including phenoxy) is 2. The highest BCUT2D eigenvalue weighted by Crippen LogP contribution is 2.47. The van der Waals surface area contributed by atoms with E-state index in [0.29, 0.717) is 12.3 Å². The van der Waals surface area contributed by atoms with Gasteiger partial charge in [0.2, 0.25) is 0 Å². The molecule has 0 unspecified atom stereocenters. The fraction of sp³-hybridized carbons (Fsp3) is 0.250. The maximum absolute atomic E-state index is 13.8. The van der Waals surface area contributed by atoms with Crippen molar-refractivity contribution < 1.29 is 19.0 Å².